The number of hydrogen-bond acceptors (Lipinski definition) is 7. The average molecular weight is 469 g/mol. The van der Waals surface area contributed by atoms with Crippen LogP contribution in [0.1, 0.15) is 0 Å². The molecule has 2 aromatic heterocycles. The van der Waals surface area contributed by atoms with Crippen LogP contribution in [0.4, 0.5) is 0 Å². The molecule has 0 bridgehead atoms. The van der Waals surface area contributed by atoms with Gasteiger partial charge >= 0.3 is 5.76 Å². The molecule has 0 radical (unpaired) electrons. The number of carbonyl (C=O) groups is 1. The molecule has 3 aromatic rings. The van der Waals surface area contributed by atoms with Crippen LogP contribution in [0, 0.1) is 0 Å². The highest BCUT2D eigenvalue weighted by Crippen LogP contribution is 2.28. The number of thiophene rings is 1. The molecule has 0 spiro atoms. The lowest BCUT2D eigenvalue weighted by atomic mass is 10.2. The van der Waals surface area contributed by atoms with Crippen LogP contribution in [0.5, 0.6) is 0 Å². The molecular weight excluding hydrogens is 452 g/mol. The summed E-state index contributed by atoms with van der Waals surface area (Å²) >= 11 is 6.85. The van der Waals surface area contributed by atoms with Crippen LogP contribution in [0.15, 0.2) is 56.0 Å². The van der Waals surface area contributed by atoms with E-state index in [1.165, 1.54) is 19.8 Å². The molecule has 1 saturated heterocycles. The van der Waals surface area contributed by atoms with E-state index >= 15 is 0 Å². The summed E-state index contributed by atoms with van der Waals surface area (Å²) in [6, 6.07) is 12.0. The first-order chi connectivity index (χ1) is 14.4. The molecule has 9 nitrogen and oxygen atoms in total. The number of rotatable bonds is 5. The molecule has 1 amide bonds. The van der Waals surface area contributed by atoms with Gasteiger partial charge in [0, 0.05) is 31.7 Å². The van der Waals surface area contributed by atoms with Crippen LogP contribution < -0.4 is 5.76 Å². The van der Waals surface area contributed by atoms with Crippen molar-refractivity contribution in [2.45, 2.75) is 10.8 Å². The largest absolute Gasteiger partial charge is 0.442 e. The Morgan fingerprint density at radius 1 is 1.10 bits per heavy atom. The van der Waals surface area contributed by atoms with Gasteiger partial charge in [-0.25, -0.2) is 17.8 Å². The number of halogens is 1. The zero-order valence-corrected chi connectivity index (χ0v) is 18.0. The van der Waals surface area contributed by atoms with Gasteiger partial charge in [-0.1, -0.05) is 47.1 Å². The first-order valence-electron chi connectivity index (χ1n) is 9.01. The monoisotopic (exact) mass is 468 g/mol. The number of carbonyl (C=O) groups excluding carboxylic acids is 1. The van der Waals surface area contributed by atoms with E-state index in [1.54, 1.807) is 30.3 Å². The molecule has 3 heterocycles. The molecule has 4 rings (SSSR count). The molecule has 0 unspecified atom stereocenters. The number of nitrogens with zero attached hydrogens (tertiary/aromatic N) is 4. The summed E-state index contributed by atoms with van der Waals surface area (Å²) in [5.41, 5.74) is 0.654. The van der Waals surface area contributed by atoms with E-state index < -0.39 is 15.8 Å². The summed E-state index contributed by atoms with van der Waals surface area (Å²) in [5.74, 6) is -0.767. The summed E-state index contributed by atoms with van der Waals surface area (Å²) in [4.78, 5) is 26.3. The molecule has 0 saturated carbocycles. The van der Waals surface area contributed by atoms with Crippen LogP contribution in [-0.2, 0) is 21.4 Å². The fraction of sp³-hybridized carbons (Fsp3) is 0.278. The van der Waals surface area contributed by atoms with E-state index in [9.17, 15) is 18.0 Å². The zero-order valence-electron chi connectivity index (χ0n) is 15.6. The van der Waals surface area contributed by atoms with Crippen LogP contribution in [-0.4, -0.2) is 59.4 Å². The maximum Gasteiger partial charge on any atom is 0.442 e. The van der Waals surface area contributed by atoms with Crippen LogP contribution in [0.2, 0.25) is 4.34 Å². The topological polar surface area (TPSA) is 106 Å². The van der Waals surface area contributed by atoms with E-state index in [1.807, 2.05) is 6.07 Å². The molecule has 1 fully saturated rings. The van der Waals surface area contributed by atoms with Crippen molar-refractivity contribution in [3.8, 4) is 11.4 Å². The van der Waals surface area contributed by atoms with Gasteiger partial charge in [0.1, 0.15) is 10.8 Å². The van der Waals surface area contributed by atoms with Crippen molar-refractivity contribution in [1.29, 1.82) is 0 Å². The summed E-state index contributed by atoms with van der Waals surface area (Å²) in [6.07, 6.45) is 0. The quantitative estimate of drug-likeness (QED) is 0.564. The van der Waals surface area contributed by atoms with Crippen molar-refractivity contribution in [2.24, 2.45) is 0 Å². The normalized spacial score (nSPS) is 15.4. The first kappa shape index (κ1) is 20.8. The number of piperazine rings is 1. The second-order valence-electron chi connectivity index (χ2n) is 6.57. The summed E-state index contributed by atoms with van der Waals surface area (Å²) in [6.45, 7) is 0.525. The second kappa shape index (κ2) is 8.34. The molecule has 0 aliphatic carbocycles. The molecule has 30 heavy (non-hydrogen) atoms. The van der Waals surface area contributed by atoms with Crippen molar-refractivity contribution < 1.29 is 17.7 Å². The van der Waals surface area contributed by atoms with Crippen molar-refractivity contribution in [2.75, 3.05) is 26.2 Å². The van der Waals surface area contributed by atoms with Gasteiger partial charge in [0.25, 0.3) is 10.0 Å². The van der Waals surface area contributed by atoms with Crippen molar-refractivity contribution in [3.63, 3.8) is 0 Å². The lowest BCUT2D eigenvalue weighted by Crippen LogP contribution is -2.51. The van der Waals surface area contributed by atoms with Gasteiger partial charge in [0.2, 0.25) is 5.91 Å². The molecule has 1 aromatic carbocycles. The highest BCUT2D eigenvalue weighted by molar-refractivity contribution is 7.91. The van der Waals surface area contributed by atoms with Gasteiger partial charge in [0.15, 0.2) is 5.82 Å². The molecule has 1 aliphatic rings. The van der Waals surface area contributed by atoms with E-state index in [0.717, 1.165) is 11.3 Å². The van der Waals surface area contributed by atoms with Crippen molar-refractivity contribution in [1.82, 2.24) is 18.9 Å². The van der Waals surface area contributed by atoms with Gasteiger partial charge in [-0.15, -0.1) is 11.3 Å². The molecule has 0 atom stereocenters. The van der Waals surface area contributed by atoms with E-state index in [-0.39, 0.29) is 48.7 Å². The van der Waals surface area contributed by atoms with Crippen LogP contribution in [0.25, 0.3) is 11.4 Å². The van der Waals surface area contributed by atoms with Crippen LogP contribution >= 0.6 is 22.9 Å². The minimum absolute atomic E-state index is 0.160. The van der Waals surface area contributed by atoms with Crippen LogP contribution in [0.3, 0.4) is 0 Å². The minimum Gasteiger partial charge on any atom is -0.338 e. The third-order valence-electron chi connectivity index (χ3n) is 4.75. The average Bonchev–Trinajstić information content (AvgIpc) is 3.35. The minimum atomic E-state index is -3.64. The van der Waals surface area contributed by atoms with Gasteiger partial charge in [-0.2, -0.15) is 4.31 Å². The summed E-state index contributed by atoms with van der Waals surface area (Å²) in [5, 5.41) is 3.77. The Morgan fingerprint density at radius 2 is 1.80 bits per heavy atom. The SMILES string of the molecule is O=C(Cn1c(-c2ccccc2)noc1=O)N1CCN(S(=O)(=O)c2ccc(Cl)s2)CC1. The predicted octanol–water partition coefficient (Wildman–Crippen LogP) is 1.75. The Balaban J connectivity index is 1.44. The lowest BCUT2D eigenvalue weighted by Gasteiger charge is -2.33. The van der Waals surface area contributed by atoms with E-state index in [2.05, 4.69) is 5.16 Å². The van der Waals surface area contributed by atoms with Crippen molar-refractivity contribution >= 4 is 38.9 Å². The maximum atomic E-state index is 12.7. The number of sulfonamides is 1. The molecule has 12 heteroatoms. The first-order valence-corrected chi connectivity index (χ1v) is 11.6. The molecule has 0 N–H and O–H groups in total. The highest BCUT2D eigenvalue weighted by Gasteiger charge is 2.31. The van der Waals surface area contributed by atoms with E-state index in [0.29, 0.717) is 9.90 Å². The van der Waals surface area contributed by atoms with Gasteiger partial charge in [0.05, 0.1) is 4.34 Å². The van der Waals surface area contributed by atoms with Gasteiger partial charge in [-0.05, 0) is 12.1 Å². The highest BCUT2D eigenvalue weighted by atomic mass is 35.5. The number of hydrogen-bond donors (Lipinski definition) is 0. The Kier molecular flexibility index (Phi) is 5.78. The van der Waals surface area contributed by atoms with E-state index in [4.69, 9.17) is 16.1 Å². The molecule has 158 valence electrons. The zero-order chi connectivity index (χ0) is 21.3. The lowest BCUT2D eigenvalue weighted by molar-refractivity contribution is -0.133. The number of aromatic nitrogens is 2. The smallest absolute Gasteiger partial charge is 0.338 e. The fourth-order valence-electron chi connectivity index (χ4n) is 3.18. The third kappa shape index (κ3) is 4.06. The summed E-state index contributed by atoms with van der Waals surface area (Å²) < 4.78 is 33.2. The predicted molar refractivity (Wildman–Crippen MR) is 111 cm³/mol. The van der Waals surface area contributed by atoms with Gasteiger partial charge in [-0.3, -0.25) is 9.32 Å². The maximum absolute atomic E-state index is 12.7. The third-order valence-corrected chi connectivity index (χ3v) is 8.34. The fourth-order valence-corrected chi connectivity index (χ4v) is 6.24. The number of benzene rings is 1. The Bertz CT molecular complexity index is 1210. The molecule has 1 aliphatic heterocycles. The Hall–Kier alpha value is -2.47. The van der Waals surface area contributed by atoms with Gasteiger partial charge < -0.3 is 4.90 Å². The Morgan fingerprint density at radius 3 is 2.43 bits per heavy atom. The molecular formula is C18H17ClN4O5S2. The number of amides is 1. The standard InChI is InChI=1S/C18H17ClN4O5S2/c19-14-6-7-16(29-14)30(26,27)22-10-8-21(9-11-22)15(24)12-23-17(20-28-18(23)25)13-4-2-1-3-5-13/h1-7H,8-12H2. The summed E-state index contributed by atoms with van der Waals surface area (Å²) in [7, 11) is -3.64. The Labute approximate surface area is 181 Å². The second-order valence-corrected chi connectivity index (χ2v) is 10.4. The van der Waals surface area contributed by atoms with Crippen molar-refractivity contribution in [3.05, 3.63) is 57.4 Å².